The molecule has 1 heterocycles. The van der Waals surface area contributed by atoms with E-state index in [-0.39, 0.29) is 5.91 Å². The molecule has 0 saturated carbocycles. The van der Waals surface area contributed by atoms with Crippen LogP contribution in [0, 0.1) is 11.5 Å². The second-order valence-electron chi connectivity index (χ2n) is 4.91. The summed E-state index contributed by atoms with van der Waals surface area (Å²) in [5, 5.41) is 14.3. The van der Waals surface area contributed by atoms with E-state index in [2.05, 4.69) is 6.19 Å². The molecule has 1 aliphatic heterocycles. The second kappa shape index (κ2) is 5.22. The molecule has 20 heavy (non-hydrogen) atoms. The highest BCUT2D eigenvalue weighted by molar-refractivity contribution is 5.90. The zero-order valence-electron chi connectivity index (χ0n) is 11.1. The van der Waals surface area contributed by atoms with Gasteiger partial charge in [0.15, 0.2) is 6.19 Å². The lowest BCUT2D eigenvalue weighted by Gasteiger charge is -2.22. The summed E-state index contributed by atoms with van der Waals surface area (Å²) in [4.78, 5) is 12.4. The third-order valence-corrected chi connectivity index (χ3v) is 3.66. The molecule has 1 amide bonds. The van der Waals surface area contributed by atoms with Gasteiger partial charge in [-0.15, -0.1) is 0 Å². The van der Waals surface area contributed by atoms with E-state index in [0.717, 1.165) is 22.8 Å². The molecular formula is C16H15N3O. The zero-order valence-corrected chi connectivity index (χ0v) is 11.1. The smallest absolute Gasteiger partial charge is 0.246 e. The van der Waals surface area contributed by atoms with Crippen molar-refractivity contribution in [3.63, 3.8) is 0 Å². The summed E-state index contributed by atoms with van der Waals surface area (Å²) in [6.45, 7) is 1.27. The molecule has 0 atom stereocenters. The minimum Gasteiger partial charge on any atom is -0.273 e. The van der Waals surface area contributed by atoms with E-state index in [4.69, 9.17) is 5.26 Å². The molecule has 1 saturated heterocycles. The molecule has 0 aliphatic carbocycles. The first-order valence-corrected chi connectivity index (χ1v) is 6.74. The van der Waals surface area contributed by atoms with Gasteiger partial charge in [0, 0.05) is 6.54 Å². The van der Waals surface area contributed by atoms with Gasteiger partial charge in [0.2, 0.25) is 5.91 Å². The average molecular weight is 265 g/mol. The molecule has 0 unspecified atom stereocenters. The molecule has 0 bridgehead atoms. The molecule has 1 aliphatic rings. The Labute approximate surface area is 117 Å². The van der Waals surface area contributed by atoms with Crippen molar-refractivity contribution in [2.24, 2.45) is 0 Å². The van der Waals surface area contributed by atoms with E-state index in [1.54, 1.807) is 5.01 Å². The Morgan fingerprint density at radius 3 is 2.80 bits per heavy atom. The Kier molecular flexibility index (Phi) is 3.26. The predicted molar refractivity (Wildman–Crippen MR) is 76.3 cm³/mol. The predicted octanol–water partition coefficient (Wildman–Crippen LogP) is 2.31. The number of hydrazine groups is 1. The maximum absolute atomic E-state index is 12.4. The maximum atomic E-state index is 12.4. The standard InChI is InChI=1S/C16H15N3O/c17-12-18-9-4-10-19(18)16(20)11-14-7-3-6-13-5-1-2-8-15(13)14/h1-3,5-8H,4,9-11H2. The number of carbonyl (C=O) groups is 1. The van der Waals surface area contributed by atoms with Gasteiger partial charge in [-0.2, -0.15) is 5.26 Å². The fraction of sp³-hybridized carbons (Fsp3) is 0.250. The van der Waals surface area contributed by atoms with Crippen molar-refractivity contribution in [3.8, 4) is 6.19 Å². The SMILES string of the molecule is N#CN1CCCN1C(=O)Cc1cccc2ccccc12. The highest BCUT2D eigenvalue weighted by atomic mass is 16.2. The van der Waals surface area contributed by atoms with Gasteiger partial charge in [0.05, 0.1) is 13.0 Å². The molecule has 100 valence electrons. The lowest BCUT2D eigenvalue weighted by Crippen LogP contribution is -2.39. The van der Waals surface area contributed by atoms with Crippen LogP contribution in [-0.2, 0) is 11.2 Å². The summed E-state index contributed by atoms with van der Waals surface area (Å²) in [5.74, 6) is -0.0135. The Morgan fingerprint density at radius 1 is 1.15 bits per heavy atom. The van der Waals surface area contributed by atoms with Crippen LogP contribution in [0.3, 0.4) is 0 Å². The molecule has 0 radical (unpaired) electrons. The van der Waals surface area contributed by atoms with E-state index in [9.17, 15) is 4.79 Å². The molecule has 2 aromatic carbocycles. The van der Waals surface area contributed by atoms with Gasteiger partial charge < -0.3 is 0 Å². The summed E-state index contributed by atoms with van der Waals surface area (Å²) < 4.78 is 0. The molecule has 1 fully saturated rings. The van der Waals surface area contributed by atoms with E-state index in [1.165, 1.54) is 5.01 Å². The highest BCUT2D eigenvalue weighted by Gasteiger charge is 2.25. The lowest BCUT2D eigenvalue weighted by atomic mass is 10.0. The van der Waals surface area contributed by atoms with E-state index in [1.807, 2.05) is 42.5 Å². The number of rotatable bonds is 2. The van der Waals surface area contributed by atoms with Crippen LogP contribution in [0.2, 0.25) is 0 Å². The highest BCUT2D eigenvalue weighted by Crippen LogP contribution is 2.20. The van der Waals surface area contributed by atoms with Gasteiger partial charge in [0.25, 0.3) is 0 Å². The molecule has 2 aromatic rings. The number of hydrogen-bond donors (Lipinski definition) is 0. The molecule has 4 heteroatoms. The van der Waals surface area contributed by atoms with Crippen LogP contribution < -0.4 is 0 Å². The van der Waals surface area contributed by atoms with Crippen molar-refractivity contribution >= 4 is 16.7 Å². The van der Waals surface area contributed by atoms with Crippen LogP contribution in [0.25, 0.3) is 10.8 Å². The molecule has 3 rings (SSSR count). The fourth-order valence-electron chi connectivity index (χ4n) is 2.68. The fourth-order valence-corrected chi connectivity index (χ4v) is 2.68. The maximum Gasteiger partial charge on any atom is 0.246 e. The zero-order chi connectivity index (χ0) is 13.9. The van der Waals surface area contributed by atoms with Crippen LogP contribution in [0.5, 0.6) is 0 Å². The van der Waals surface area contributed by atoms with Crippen LogP contribution in [0.4, 0.5) is 0 Å². The number of fused-ring (bicyclic) bond motifs is 1. The molecule has 0 spiro atoms. The van der Waals surface area contributed by atoms with Crippen molar-refractivity contribution in [1.29, 1.82) is 5.26 Å². The Morgan fingerprint density at radius 2 is 1.95 bits per heavy atom. The monoisotopic (exact) mass is 265 g/mol. The summed E-state index contributed by atoms with van der Waals surface area (Å²) >= 11 is 0. The first-order valence-electron chi connectivity index (χ1n) is 6.74. The number of nitriles is 1. The van der Waals surface area contributed by atoms with Crippen LogP contribution in [0.15, 0.2) is 42.5 Å². The van der Waals surface area contributed by atoms with E-state index >= 15 is 0 Å². The minimum atomic E-state index is -0.0135. The normalized spacial score (nSPS) is 14.6. The van der Waals surface area contributed by atoms with Gasteiger partial charge in [-0.1, -0.05) is 42.5 Å². The summed E-state index contributed by atoms with van der Waals surface area (Å²) in [5.41, 5.74) is 1.01. The Bertz CT molecular complexity index is 684. The molecule has 0 N–H and O–H groups in total. The first kappa shape index (κ1) is 12.5. The molecule has 4 nitrogen and oxygen atoms in total. The van der Waals surface area contributed by atoms with Gasteiger partial charge in [0.1, 0.15) is 0 Å². The summed E-state index contributed by atoms with van der Waals surface area (Å²) in [7, 11) is 0. The largest absolute Gasteiger partial charge is 0.273 e. The number of carbonyl (C=O) groups excluding carboxylic acids is 1. The van der Waals surface area contributed by atoms with E-state index < -0.39 is 0 Å². The average Bonchev–Trinajstić information content (AvgIpc) is 2.96. The lowest BCUT2D eigenvalue weighted by molar-refractivity contribution is -0.138. The molecule has 0 aromatic heterocycles. The number of amides is 1. The first-order chi connectivity index (χ1) is 9.79. The Balaban J connectivity index is 1.86. The van der Waals surface area contributed by atoms with Crippen molar-refractivity contribution in [1.82, 2.24) is 10.0 Å². The van der Waals surface area contributed by atoms with Crippen molar-refractivity contribution in [2.45, 2.75) is 12.8 Å². The van der Waals surface area contributed by atoms with Crippen LogP contribution in [0.1, 0.15) is 12.0 Å². The number of benzene rings is 2. The number of nitrogens with zero attached hydrogens (tertiary/aromatic N) is 3. The third-order valence-electron chi connectivity index (χ3n) is 3.66. The van der Waals surface area contributed by atoms with Crippen molar-refractivity contribution in [2.75, 3.05) is 13.1 Å². The van der Waals surface area contributed by atoms with Gasteiger partial charge in [-0.05, 0) is 22.8 Å². The second-order valence-corrected chi connectivity index (χ2v) is 4.91. The van der Waals surface area contributed by atoms with Gasteiger partial charge in [-0.3, -0.25) is 4.79 Å². The number of hydrogen-bond acceptors (Lipinski definition) is 3. The van der Waals surface area contributed by atoms with E-state index in [0.29, 0.717) is 19.5 Å². The topological polar surface area (TPSA) is 47.3 Å². The van der Waals surface area contributed by atoms with Crippen LogP contribution >= 0.6 is 0 Å². The third kappa shape index (κ3) is 2.19. The molecular weight excluding hydrogens is 250 g/mol. The minimum absolute atomic E-state index is 0.0135. The van der Waals surface area contributed by atoms with Gasteiger partial charge >= 0.3 is 0 Å². The summed E-state index contributed by atoms with van der Waals surface area (Å²) in [6.07, 6.45) is 3.25. The van der Waals surface area contributed by atoms with Crippen molar-refractivity contribution < 1.29 is 4.79 Å². The van der Waals surface area contributed by atoms with Crippen molar-refractivity contribution in [3.05, 3.63) is 48.0 Å². The van der Waals surface area contributed by atoms with Gasteiger partial charge in [-0.25, -0.2) is 10.0 Å². The quantitative estimate of drug-likeness (QED) is 0.783. The van der Waals surface area contributed by atoms with Crippen LogP contribution in [-0.4, -0.2) is 29.0 Å². The summed E-state index contributed by atoms with van der Waals surface area (Å²) in [6, 6.07) is 14.0. The Hall–Kier alpha value is -2.54.